The van der Waals surface area contributed by atoms with E-state index in [-0.39, 0.29) is 11.4 Å². The van der Waals surface area contributed by atoms with Crippen LogP contribution < -0.4 is 5.73 Å². The molecule has 0 spiro atoms. The molecule has 0 amide bonds. The molecule has 0 aliphatic heterocycles. The molecule has 0 unspecified atom stereocenters. The van der Waals surface area contributed by atoms with Crippen LogP contribution in [0.4, 0.5) is 0 Å². The maximum Gasteiger partial charge on any atom is 0.273 e. The second kappa shape index (κ2) is 2.51. The van der Waals surface area contributed by atoms with Crippen molar-refractivity contribution in [2.45, 2.75) is 6.42 Å². The van der Waals surface area contributed by atoms with E-state index >= 15 is 0 Å². The smallest absolute Gasteiger partial charge is 0.273 e. The molecule has 2 N–H and O–H groups in total. The predicted molar refractivity (Wildman–Crippen MR) is 36.3 cm³/mol. The number of nitrogens with two attached hydrogens (primary N) is 1. The highest BCUT2D eigenvalue weighted by atomic mass is 16.6. The largest absolute Gasteiger partial charge is 0.393 e. The summed E-state index contributed by atoms with van der Waals surface area (Å²) >= 11 is 0. The van der Waals surface area contributed by atoms with Gasteiger partial charge in [-0.3, -0.25) is 10.1 Å². The third-order valence-electron chi connectivity index (χ3n) is 1.24. The van der Waals surface area contributed by atoms with Crippen molar-refractivity contribution in [1.82, 2.24) is 0 Å². The average Bonchev–Trinajstić information content (AvgIpc) is 1.88. The standard InChI is InChI=1S/C6H7N2O2/c7-5-3-1-2-4-6(5)8(9)10/h1,3-4H,2,7H2. The summed E-state index contributed by atoms with van der Waals surface area (Å²) in [6.07, 6.45) is 5.42. The monoisotopic (exact) mass is 139 g/mol. The van der Waals surface area contributed by atoms with Gasteiger partial charge in [-0.15, -0.1) is 0 Å². The predicted octanol–water partition coefficient (Wildman–Crippen LogP) is 0.598. The number of allylic oxidation sites excluding steroid dienone is 3. The van der Waals surface area contributed by atoms with Gasteiger partial charge in [0.15, 0.2) is 0 Å². The first-order chi connectivity index (χ1) is 4.72. The molecule has 1 aliphatic carbocycles. The lowest BCUT2D eigenvalue weighted by Gasteiger charge is -2.02. The van der Waals surface area contributed by atoms with Gasteiger partial charge in [0, 0.05) is 0 Å². The highest BCUT2D eigenvalue weighted by Crippen LogP contribution is 2.13. The minimum absolute atomic E-state index is 0.0162. The van der Waals surface area contributed by atoms with Crippen molar-refractivity contribution in [3.05, 3.63) is 40.1 Å². The molecule has 4 nitrogen and oxygen atoms in total. The lowest BCUT2D eigenvalue weighted by atomic mass is 10.1. The SMILES string of the molecule is NC1=C([N+](=O)[O-])[CH]CC=C1. The van der Waals surface area contributed by atoms with E-state index < -0.39 is 4.92 Å². The molecule has 0 saturated heterocycles. The summed E-state index contributed by atoms with van der Waals surface area (Å²) in [5.41, 5.74) is 5.55. The van der Waals surface area contributed by atoms with Gasteiger partial charge in [0.2, 0.25) is 0 Å². The summed E-state index contributed by atoms with van der Waals surface area (Å²) in [4.78, 5) is 9.69. The number of hydrogen-bond acceptors (Lipinski definition) is 3. The Morgan fingerprint density at radius 1 is 1.70 bits per heavy atom. The molecule has 0 aromatic rings. The molecule has 0 fully saturated rings. The first-order valence-corrected chi connectivity index (χ1v) is 2.85. The summed E-state index contributed by atoms with van der Waals surface area (Å²) in [5, 5.41) is 10.2. The molecular weight excluding hydrogens is 132 g/mol. The maximum absolute atomic E-state index is 10.2. The van der Waals surface area contributed by atoms with Crippen LogP contribution in [0.1, 0.15) is 6.42 Å². The minimum Gasteiger partial charge on any atom is -0.393 e. The molecule has 1 aliphatic rings. The Morgan fingerprint density at radius 3 is 2.80 bits per heavy atom. The number of rotatable bonds is 1. The summed E-state index contributed by atoms with van der Waals surface area (Å²) in [7, 11) is 0. The normalized spacial score (nSPS) is 17.6. The number of hydrogen-bond donors (Lipinski definition) is 1. The van der Waals surface area contributed by atoms with Crippen molar-refractivity contribution >= 4 is 0 Å². The summed E-state index contributed by atoms with van der Waals surface area (Å²) in [6.45, 7) is 0. The highest BCUT2D eigenvalue weighted by Gasteiger charge is 2.16. The van der Waals surface area contributed by atoms with Crippen LogP contribution in [0.3, 0.4) is 0 Å². The highest BCUT2D eigenvalue weighted by molar-refractivity contribution is 5.28. The topological polar surface area (TPSA) is 69.2 Å². The van der Waals surface area contributed by atoms with Crippen molar-refractivity contribution in [3.63, 3.8) is 0 Å². The fourth-order valence-electron chi connectivity index (χ4n) is 0.758. The van der Waals surface area contributed by atoms with Gasteiger partial charge >= 0.3 is 0 Å². The van der Waals surface area contributed by atoms with E-state index in [4.69, 9.17) is 5.73 Å². The summed E-state index contributed by atoms with van der Waals surface area (Å²) < 4.78 is 0. The second-order valence-corrected chi connectivity index (χ2v) is 1.94. The zero-order valence-electron chi connectivity index (χ0n) is 5.28. The Hall–Kier alpha value is -1.32. The zero-order chi connectivity index (χ0) is 7.56. The van der Waals surface area contributed by atoms with Crippen LogP contribution in [0.5, 0.6) is 0 Å². The molecule has 0 saturated carbocycles. The van der Waals surface area contributed by atoms with Gasteiger partial charge in [0.1, 0.15) is 5.70 Å². The Balaban J connectivity index is 2.89. The minimum atomic E-state index is -0.473. The molecule has 4 heteroatoms. The molecule has 0 heterocycles. The van der Waals surface area contributed by atoms with Crippen LogP contribution in [-0.4, -0.2) is 4.92 Å². The quantitative estimate of drug-likeness (QED) is 0.427. The Morgan fingerprint density at radius 2 is 2.40 bits per heavy atom. The average molecular weight is 139 g/mol. The Bertz CT molecular complexity index is 218. The summed E-state index contributed by atoms with van der Waals surface area (Å²) in [6, 6.07) is 0. The molecule has 10 heavy (non-hydrogen) atoms. The lowest BCUT2D eigenvalue weighted by molar-refractivity contribution is -0.422. The van der Waals surface area contributed by atoms with E-state index in [1.165, 1.54) is 6.42 Å². The molecule has 0 atom stereocenters. The van der Waals surface area contributed by atoms with E-state index in [1.807, 2.05) is 0 Å². The van der Waals surface area contributed by atoms with Gasteiger partial charge in [0.05, 0.1) is 11.3 Å². The third-order valence-corrected chi connectivity index (χ3v) is 1.24. The third kappa shape index (κ3) is 1.15. The number of nitro groups is 1. The molecule has 0 aromatic carbocycles. The van der Waals surface area contributed by atoms with E-state index in [9.17, 15) is 10.1 Å². The van der Waals surface area contributed by atoms with Gasteiger partial charge in [-0.25, -0.2) is 0 Å². The first kappa shape index (κ1) is 6.80. The fraction of sp³-hybridized carbons (Fsp3) is 0.167. The van der Waals surface area contributed by atoms with Gasteiger partial charge in [-0.2, -0.15) is 0 Å². The Labute approximate surface area is 58.2 Å². The molecule has 0 aromatic heterocycles. The molecule has 1 radical (unpaired) electrons. The van der Waals surface area contributed by atoms with Gasteiger partial charge < -0.3 is 5.73 Å². The van der Waals surface area contributed by atoms with Crippen LogP contribution >= 0.6 is 0 Å². The van der Waals surface area contributed by atoms with Gasteiger partial charge in [-0.1, -0.05) is 6.08 Å². The molecular formula is C6H7N2O2. The zero-order valence-corrected chi connectivity index (χ0v) is 5.28. The van der Waals surface area contributed by atoms with Crippen LogP contribution in [0, 0.1) is 16.5 Å². The van der Waals surface area contributed by atoms with Crippen molar-refractivity contribution in [2.75, 3.05) is 0 Å². The maximum atomic E-state index is 10.2. The van der Waals surface area contributed by atoms with Gasteiger partial charge in [0.25, 0.3) is 5.70 Å². The number of nitrogens with zero attached hydrogens (tertiary/aromatic N) is 1. The van der Waals surface area contributed by atoms with Crippen LogP contribution in [-0.2, 0) is 0 Å². The lowest BCUT2D eigenvalue weighted by Crippen LogP contribution is -2.10. The Kier molecular flexibility index (Phi) is 1.71. The second-order valence-electron chi connectivity index (χ2n) is 1.94. The molecule has 1 rings (SSSR count). The molecule has 53 valence electrons. The fourth-order valence-corrected chi connectivity index (χ4v) is 0.758. The molecule has 0 bridgehead atoms. The summed E-state index contributed by atoms with van der Waals surface area (Å²) in [5.74, 6) is 0. The first-order valence-electron chi connectivity index (χ1n) is 2.85. The van der Waals surface area contributed by atoms with E-state index in [0.717, 1.165) is 0 Å². The van der Waals surface area contributed by atoms with Crippen LogP contribution in [0.2, 0.25) is 0 Å². The van der Waals surface area contributed by atoms with E-state index in [2.05, 4.69) is 0 Å². The van der Waals surface area contributed by atoms with Crippen LogP contribution in [0.25, 0.3) is 0 Å². The van der Waals surface area contributed by atoms with Crippen LogP contribution in [0.15, 0.2) is 23.5 Å². The van der Waals surface area contributed by atoms with E-state index in [0.29, 0.717) is 6.42 Å². The van der Waals surface area contributed by atoms with Crippen molar-refractivity contribution in [1.29, 1.82) is 0 Å². The van der Waals surface area contributed by atoms with Crippen molar-refractivity contribution in [2.24, 2.45) is 5.73 Å². The van der Waals surface area contributed by atoms with Crippen molar-refractivity contribution in [3.8, 4) is 0 Å². The van der Waals surface area contributed by atoms with Crippen molar-refractivity contribution < 1.29 is 4.92 Å². The van der Waals surface area contributed by atoms with Gasteiger partial charge in [-0.05, 0) is 12.5 Å². The van der Waals surface area contributed by atoms with E-state index in [1.54, 1.807) is 12.2 Å².